The highest BCUT2D eigenvalue weighted by molar-refractivity contribution is 6.31. The van der Waals surface area contributed by atoms with Crippen LogP contribution in [0, 0.1) is 6.92 Å². The van der Waals surface area contributed by atoms with Crippen molar-refractivity contribution in [1.29, 1.82) is 0 Å². The van der Waals surface area contributed by atoms with Crippen molar-refractivity contribution in [2.45, 2.75) is 26.9 Å². The average Bonchev–Trinajstić information content (AvgIpc) is 2.48. The zero-order valence-corrected chi connectivity index (χ0v) is 13.6. The molecule has 0 saturated carbocycles. The second kappa shape index (κ2) is 7.43. The van der Waals surface area contributed by atoms with Gasteiger partial charge in [-0.05, 0) is 31.2 Å². The Morgan fingerprint density at radius 1 is 1.14 bits per heavy atom. The van der Waals surface area contributed by atoms with Gasteiger partial charge in [0.2, 0.25) is 0 Å². The van der Waals surface area contributed by atoms with Crippen LogP contribution in [0.1, 0.15) is 23.7 Å². The average molecular weight is 304 g/mol. The van der Waals surface area contributed by atoms with E-state index in [1.165, 1.54) is 11.1 Å². The van der Waals surface area contributed by atoms with E-state index in [4.69, 9.17) is 11.6 Å². The van der Waals surface area contributed by atoms with Crippen molar-refractivity contribution in [3.63, 3.8) is 0 Å². The van der Waals surface area contributed by atoms with E-state index < -0.39 is 0 Å². The van der Waals surface area contributed by atoms with Gasteiger partial charge in [-0.25, -0.2) is 4.98 Å². The van der Waals surface area contributed by atoms with E-state index >= 15 is 0 Å². The number of benzene rings is 1. The summed E-state index contributed by atoms with van der Waals surface area (Å²) in [7, 11) is 2.05. The first-order valence-electron chi connectivity index (χ1n) is 7.23. The van der Waals surface area contributed by atoms with Crippen molar-refractivity contribution in [3.05, 3.63) is 58.2 Å². The van der Waals surface area contributed by atoms with Crippen LogP contribution in [-0.2, 0) is 13.1 Å². The van der Waals surface area contributed by atoms with Crippen molar-refractivity contribution in [3.8, 4) is 0 Å². The van der Waals surface area contributed by atoms with Crippen molar-refractivity contribution >= 4 is 17.4 Å². The number of aryl methyl sites for hydroxylation is 1. The lowest BCUT2D eigenvalue weighted by Gasteiger charge is -2.19. The molecule has 112 valence electrons. The highest BCUT2D eigenvalue weighted by atomic mass is 35.5. The zero-order valence-electron chi connectivity index (χ0n) is 12.9. The van der Waals surface area contributed by atoms with Crippen LogP contribution in [0.2, 0.25) is 5.02 Å². The van der Waals surface area contributed by atoms with Crippen LogP contribution < -0.4 is 10.2 Å². The van der Waals surface area contributed by atoms with E-state index in [2.05, 4.69) is 53.3 Å². The fourth-order valence-electron chi connectivity index (χ4n) is 2.10. The van der Waals surface area contributed by atoms with Gasteiger partial charge in [0.25, 0.3) is 0 Å². The lowest BCUT2D eigenvalue weighted by Crippen LogP contribution is -2.19. The van der Waals surface area contributed by atoms with Crippen molar-refractivity contribution in [2.24, 2.45) is 0 Å². The number of anilines is 1. The molecule has 0 aliphatic heterocycles. The lowest BCUT2D eigenvalue weighted by atomic mass is 10.1. The highest BCUT2D eigenvalue weighted by Gasteiger charge is 2.08. The third kappa shape index (κ3) is 4.45. The van der Waals surface area contributed by atoms with Gasteiger partial charge < -0.3 is 10.2 Å². The van der Waals surface area contributed by atoms with E-state index in [1.54, 1.807) is 0 Å². The molecule has 0 unspecified atom stereocenters. The predicted octanol–water partition coefficient (Wildman–Crippen LogP) is 3.79. The van der Waals surface area contributed by atoms with Gasteiger partial charge in [-0.3, -0.25) is 0 Å². The molecule has 0 bridgehead atoms. The third-order valence-electron chi connectivity index (χ3n) is 3.38. The molecule has 21 heavy (non-hydrogen) atoms. The number of halogens is 1. The van der Waals surface area contributed by atoms with Gasteiger partial charge >= 0.3 is 0 Å². The summed E-state index contributed by atoms with van der Waals surface area (Å²) in [6, 6.07) is 12.5. The first-order chi connectivity index (χ1) is 10.1. The van der Waals surface area contributed by atoms with Gasteiger partial charge in [-0.2, -0.15) is 0 Å². The standard InChI is InChI=1S/C17H22ClN3/c1-4-19-11-16-15(18)9-10-17(20-16)21(3)12-14-7-5-13(2)6-8-14/h5-10,19H,4,11-12H2,1-3H3. The molecule has 0 aliphatic rings. The van der Waals surface area contributed by atoms with Crippen LogP contribution in [0.5, 0.6) is 0 Å². The summed E-state index contributed by atoms with van der Waals surface area (Å²) in [5, 5.41) is 3.97. The minimum Gasteiger partial charge on any atom is -0.355 e. The molecule has 2 aromatic rings. The number of rotatable bonds is 6. The molecular formula is C17H22ClN3. The Kier molecular flexibility index (Phi) is 5.59. The van der Waals surface area contributed by atoms with Crippen molar-refractivity contribution in [1.82, 2.24) is 10.3 Å². The number of hydrogen-bond acceptors (Lipinski definition) is 3. The highest BCUT2D eigenvalue weighted by Crippen LogP contribution is 2.20. The second-order valence-electron chi connectivity index (χ2n) is 5.22. The summed E-state index contributed by atoms with van der Waals surface area (Å²) in [6.45, 7) is 6.60. The Morgan fingerprint density at radius 2 is 1.86 bits per heavy atom. The van der Waals surface area contributed by atoms with Gasteiger partial charge in [0.1, 0.15) is 5.82 Å². The predicted molar refractivity (Wildman–Crippen MR) is 89.9 cm³/mol. The molecule has 0 amide bonds. The Bertz CT molecular complexity index is 581. The minimum absolute atomic E-state index is 0.696. The minimum atomic E-state index is 0.696. The van der Waals surface area contributed by atoms with Gasteiger partial charge in [0, 0.05) is 20.1 Å². The Balaban J connectivity index is 2.11. The molecule has 0 radical (unpaired) electrons. The SMILES string of the molecule is CCNCc1nc(N(C)Cc2ccc(C)cc2)ccc1Cl. The molecule has 1 heterocycles. The summed E-state index contributed by atoms with van der Waals surface area (Å²) in [4.78, 5) is 6.79. The van der Waals surface area contributed by atoms with E-state index in [0.29, 0.717) is 11.6 Å². The smallest absolute Gasteiger partial charge is 0.129 e. The molecule has 0 fully saturated rings. The molecule has 3 nitrogen and oxygen atoms in total. The van der Waals surface area contributed by atoms with Crippen LogP contribution in [0.4, 0.5) is 5.82 Å². The van der Waals surface area contributed by atoms with Crippen molar-refractivity contribution in [2.75, 3.05) is 18.5 Å². The quantitative estimate of drug-likeness (QED) is 0.880. The molecular weight excluding hydrogens is 282 g/mol. The number of hydrogen-bond donors (Lipinski definition) is 1. The maximum absolute atomic E-state index is 6.19. The van der Waals surface area contributed by atoms with Crippen LogP contribution in [0.3, 0.4) is 0 Å². The first kappa shape index (κ1) is 15.8. The van der Waals surface area contributed by atoms with Gasteiger partial charge in [-0.15, -0.1) is 0 Å². The maximum Gasteiger partial charge on any atom is 0.129 e. The van der Waals surface area contributed by atoms with Crippen LogP contribution in [0.15, 0.2) is 36.4 Å². The molecule has 1 N–H and O–H groups in total. The summed E-state index contributed by atoms with van der Waals surface area (Å²) in [5.41, 5.74) is 3.44. The van der Waals surface area contributed by atoms with Gasteiger partial charge in [0.15, 0.2) is 0 Å². The second-order valence-corrected chi connectivity index (χ2v) is 5.63. The van der Waals surface area contributed by atoms with E-state index in [-0.39, 0.29) is 0 Å². The van der Waals surface area contributed by atoms with Crippen LogP contribution >= 0.6 is 11.6 Å². The largest absolute Gasteiger partial charge is 0.355 e. The summed E-state index contributed by atoms with van der Waals surface area (Å²) in [5.74, 6) is 0.938. The molecule has 0 spiro atoms. The topological polar surface area (TPSA) is 28.2 Å². The number of nitrogens with one attached hydrogen (secondary N) is 1. The molecule has 4 heteroatoms. The molecule has 1 aromatic carbocycles. The Labute approximate surface area is 132 Å². The zero-order chi connectivity index (χ0) is 15.2. The summed E-state index contributed by atoms with van der Waals surface area (Å²) < 4.78 is 0. The number of nitrogens with zero attached hydrogens (tertiary/aromatic N) is 2. The normalized spacial score (nSPS) is 10.7. The van der Waals surface area contributed by atoms with Crippen LogP contribution in [-0.4, -0.2) is 18.6 Å². The number of aromatic nitrogens is 1. The summed E-state index contributed by atoms with van der Waals surface area (Å²) >= 11 is 6.19. The lowest BCUT2D eigenvalue weighted by molar-refractivity contribution is 0.708. The Morgan fingerprint density at radius 3 is 2.52 bits per heavy atom. The molecule has 1 aromatic heterocycles. The molecule has 2 rings (SSSR count). The third-order valence-corrected chi connectivity index (χ3v) is 3.72. The number of pyridine rings is 1. The van der Waals surface area contributed by atoms with Crippen molar-refractivity contribution < 1.29 is 0 Å². The van der Waals surface area contributed by atoms with E-state index in [0.717, 1.165) is 24.6 Å². The first-order valence-corrected chi connectivity index (χ1v) is 7.60. The molecule has 0 saturated heterocycles. The fourth-order valence-corrected chi connectivity index (χ4v) is 2.27. The van der Waals surface area contributed by atoms with Crippen LogP contribution in [0.25, 0.3) is 0 Å². The Hall–Kier alpha value is -1.58. The monoisotopic (exact) mass is 303 g/mol. The molecule has 0 atom stereocenters. The van der Waals surface area contributed by atoms with Gasteiger partial charge in [0.05, 0.1) is 10.7 Å². The van der Waals surface area contributed by atoms with Gasteiger partial charge in [-0.1, -0.05) is 48.4 Å². The summed E-state index contributed by atoms with van der Waals surface area (Å²) in [6.07, 6.45) is 0. The molecule has 0 aliphatic carbocycles. The fraction of sp³-hybridized carbons (Fsp3) is 0.353. The van der Waals surface area contributed by atoms with E-state index in [1.807, 2.05) is 19.2 Å². The maximum atomic E-state index is 6.19. The van der Waals surface area contributed by atoms with E-state index in [9.17, 15) is 0 Å².